The Morgan fingerprint density at radius 2 is 2.38 bits per heavy atom. The van der Waals surface area contributed by atoms with Gasteiger partial charge in [-0.1, -0.05) is 0 Å². The van der Waals surface area contributed by atoms with Crippen molar-refractivity contribution < 1.29 is 19.3 Å². The second-order valence-electron chi connectivity index (χ2n) is 3.26. The Labute approximate surface area is 78.8 Å². The largest absolute Gasteiger partial charge is 0.390 e. The maximum Gasteiger partial charge on any atom is 0.0824 e. The lowest BCUT2D eigenvalue weighted by atomic mass is 10.0. The van der Waals surface area contributed by atoms with Gasteiger partial charge >= 0.3 is 0 Å². The molecule has 13 heavy (non-hydrogen) atoms. The lowest BCUT2D eigenvalue weighted by Gasteiger charge is -2.16. The molecule has 0 radical (unpaired) electrons. The monoisotopic (exact) mass is 190 g/mol. The number of methoxy groups -OCH3 is 1. The SMILES string of the molecule is COCCOCC(O)C1CCOC1. The Bertz CT molecular complexity index is 123. The fourth-order valence-electron chi connectivity index (χ4n) is 1.34. The third kappa shape index (κ3) is 4.04. The summed E-state index contributed by atoms with van der Waals surface area (Å²) < 4.78 is 15.2. The number of aliphatic hydroxyl groups is 1. The fourth-order valence-corrected chi connectivity index (χ4v) is 1.34. The summed E-state index contributed by atoms with van der Waals surface area (Å²) in [5, 5.41) is 9.60. The van der Waals surface area contributed by atoms with E-state index in [1.165, 1.54) is 0 Å². The standard InChI is InChI=1S/C9H18O4/c1-11-4-5-13-7-9(10)8-2-3-12-6-8/h8-10H,2-7H2,1H3. The summed E-state index contributed by atoms with van der Waals surface area (Å²) in [6.45, 7) is 2.93. The van der Waals surface area contributed by atoms with Crippen molar-refractivity contribution in [2.24, 2.45) is 5.92 Å². The Hall–Kier alpha value is -0.160. The highest BCUT2D eigenvalue weighted by atomic mass is 16.5. The zero-order valence-electron chi connectivity index (χ0n) is 8.07. The molecular weight excluding hydrogens is 172 g/mol. The lowest BCUT2D eigenvalue weighted by molar-refractivity contribution is -0.0124. The van der Waals surface area contributed by atoms with Crippen molar-refractivity contribution >= 4 is 0 Å². The maximum absolute atomic E-state index is 9.60. The Balaban J connectivity index is 1.99. The minimum atomic E-state index is -0.389. The van der Waals surface area contributed by atoms with Crippen LogP contribution in [-0.2, 0) is 14.2 Å². The summed E-state index contributed by atoms with van der Waals surface area (Å²) in [7, 11) is 1.63. The number of aliphatic hydroxyl groups excluding tert-OH is 1. The Kier molecular flexibility index (Phi) is 5.31. The predicted octanol–water partition coefficient (Wildman–Crippen LogP) is 0.0468. The van der Waals surface area contributed by atoms with Crippen molar-refractivity contribution in [1.29, 1.82) is 0 Å². The van der Waals surface area contributed by atoms with Crippen LogP contribution >= 0.6 is 0 Å². The summed E-state index contributed by atoms with van der Waals surface area (Å²) in [4.78, 5) is 0. The van der Waals surface area contributed by atoms with Gasteiger partial charge in [0.2, 0.25) is 0 Å². The minimum absolute atomic E-state index is 0.252. The first-order chi connectivity index (χ1) is 6.34. The van der Waals surface area contributed by atoms with Gasteiger partial charge in [-0.15, -0.1) is 0 Å². The molecule has 1 heterocycles. The quantitative estimate of drug-likeness (QED) is 0.601. The van der Waals surface area contributed by atoms with Crippen LogP contribution in [0, 0.1) is 5.92 Å². The van der Waals surface area contributed by atoms with Gasteiger partial charge in [-0.25, -0.2) is 0 Å². The molecule has 4 nitrogen and oxygen atoms in total. The molecular formula is C9H18O4. The highest BCUT2D eigenvalue weighted by Crippen LogP contribution is 2.16. The van der Waals surface area contributed by atoms with Crippen molar-refractivity contribution in [2.45, 2.75) is 12.5 Å². The van der Waals surface area contributed by atoms with Gasteiger partial charge in [0.25, 0.3) is 0 Å². The Morgan fingerprint density at radius 3 is 3.00 bits per heavy atom. The molecule has 1 aliphatic rings. The molecule has 0 aromatic heterocycles. The van der Waals surface area contributed by atoms with E-state index < -0.39 is 0 Å². The van der Waals surface area contributed by atoms with Crippen molar-refractivity contribution in [2.75, 3.05) is 40.1 Å². The van der Waals surface area contributed by atoms with Crippen LogP contribution in [-0.4, -0.2) is 51.4 Å². The smallest absolute Gasteiger partial charge is 0.0824 e. The summed E-state index contributed by atoms with van der Waals surface area (Å²) >= 11 is 0. The summed E-state index contributed by atoms with van der Waals surface area (Å²) in [5.74, 6) is 0.252. The van der Waals surface area contributed by atoms with E-state index in [1.54, 1.807) is 7.11 Å². The average Bonchev–Trinajstić information content (AvgIpc) is 2.65. The van der Waals surface area contributed by atoms with E-state index in [1.807, 2.05) is 0 Å². The second-order valence-corrected chi connectivity index (χ2v) is 3.26. The summed E-state index contributed by atoms with van der Waals surface area (Å²) in [6, 6.07) is 0. The molecule has 1 rings (SSSR count). The fraction of sp³-hybridized carbons (Fsp3) is 1.00. The number of ether oxygens (including phenoxy) is 3. The molecule has 0 aliphatic carbocycles. The van der Waals surface area contributed by atoms with Crippen molar-refractivity contribution in [3.8, 4) is 0 Å². The first-order valence-electron chi connectivity index (χ1n) is 4.67. The molecule has 4 heteroatoms. The molecule has 78 valence electrons. The molecule has 0 amide bonds. The molecule has 0 aromatic rings. The van der Waals surface area contributed by atoms with E-state index in [9.17, 15) is 5.11 Å². The second kappa shape index (κ2) is 6.32. The van der Waals surface area contributed by atoms with Gasteiger partial charge in [0.1, 0.15) is 0 Å². The summed E-state index contributed by atoms with van der Waals surface area (Å²) in [6.07, 6.45) is 0.550. The molecule has 1 N–H and O–H groups in total. The van der Waals surface area contributed by atoms with E-state index in [-0.39, 0.29) is 12.0 Å². The Morgan fingerprint density at radius 1 is 1.54 bits per heavy atom. The normalized spacial score (nSPS) is 24.9. The average molecular weight is 190 g/mol. The van der Waals surface area contributed by atoms with Crippen LogP contribution < -0.4 is 0 Å². The van der Waals surface area contributed by atoms with Gasteiger partial charge in [-0.2, -0.15) is 0 Å². The first-order valence-corrected chi connectivity index (χ1v) is 4.67. The van der Waals surface area contributed by atoms with Crippen LogP contribution in [0.5, 0.6) is 0 Å². The van der Waals surface area contributed by atoms with Gasteiger partial charge in [0.05, 0.1) is 32.5 Å². The van der Waals surface area contributed by atoms with Gasteiger partial charge < -0.3 is 19.3 Å². The first kappa shape index (κ1) is 10.9. The van der Waals surface area contributed by atoms with Crippen LogP contribution in [0.3, 0.4) is 0 Å². The van der Waals surface area contributed by atoms with Crippen molar-refractivity contribution in [1.82, 2.24) is 0 Å². The highest BCUT2D eigenvalue weighted by Gasteiger charge is 2.23. The van der Waals surface area contributed by atoms with E-state index >= 15 is 0 Å². The third-order valence-corrected chi connectivity index (χ3v) is 2.23. The zero-order chi connectivity index (χ0) is 9.52. The van der Waals surface area contributed by atoms with Crippen molar-refractivity contribution in [3.63, 3.8) is 0 Å². The predicted molar refractivity (Wildman–Crippen MR) is 47.6 cm³/mol. The van der Waals surface area contributed by atoms with Crippen LogP contribution in [0.25, 0.3) is 0 Å². The molecule has 0 aromatic carbocycles. The highest BCUT2D eigenvalue weighted by molar-refractivity contribution is 4.72. The summed E-state index contributed by atoms with van der Waals surface area (Å²) in [5.41, 5.74) is 0. The van der Waals surface area contributed by atoms with Gasteiger partial charge in [-0.05, 0) is 6.42 Å². The molecule has 2 atom stereocenters. The molecule has 0 spiro atoms. The molecule has 0 saturated carbocycles. The van der Waals surface area contributed by atoms with Crippen molar-refractivity contribution in [3.05, 3.63) is 0 Å². The molecule has 0 bridgehead atoms. The maximum atomic E-state index is 9.60. The number of rotatable bonds is 6. The molecule has 1 aliphatic heterocycles. The number of hydrogen-bond acceptors (Lipinski definition) is 4. The third-order valence-electron chi connectivity index (χ3n) is 2.23. The van der Waals surface area contributed by atoms with Gasteiger partial charge in [0.15, 0.2) is 0 Å². The van der Waals surface area contributed by atoms with E-state index in [4.69, 9.17) is 14.2 Å². The van der Waals surface area contributed by atoms with Crippen LogP contribution in [0.1, 0.15) is 6.42 Å². The number of hydrogen-bond donors (Lipinski definition) is 1. The lowest BCUT2D eigenvalue weighted by Crippen LogP contribution is -2.26. The zero-order valence-corrected chi connectivity index (χ0v) is 8.07. The van der Waals surface area contributed by atoms with Gasteiger partial charge in [-0.3, -0.25) is 0 Å². The van der Waals surface area contributed by atoms with Crippen LogP contribution in [0.15, 0.2) is 0 Å². The topological polar surface area (TPSA) is 47.9 Å². The molecule has 1 fully saturated rings. The van der Waals surface area contributed by atoms with Crippen LogP contribution in [0.4, 0.5) is 0 Å². The molecule has 2 unspecified atom stereocenters. The van der Waals surface area contributed by atoms with E-state index in [2.05, 4.69) is 0 Å². The van der Waals surface area contributed by atoms with E-state index in [0.29, 0.717) is 26.4 Å². The minimum Gasteiger partial charge on any atom is -0.390 e. The van der Waals surface area contributed by atoms with Crippen LogP contribution in [0.2, 0.25) is 0 Å². The van der Waals surface area contributed by atoms with E-state index in [0.717, 1.165) is 13.0 Å². The molecule has 1 saturated heterocycles. The van der Waals surface area contributed by atoms with Gasteiger partial charge in [0, 0.05) is 19.6 Å².